The predicted molar refractivity (Wildman–Crippen MR) is 68.0 cm³/mol. The molecule has 17 heavy (non-hydrogen) atoms. The van der Waals surface area contributed by atoms with Gasteiger partial charge in [-0.3, -0.25) is 4.90 Å². The Balaban J connectivity index is 1.81. The van der Waals surface area contributed by atoms with E-state index < -0.39 is 12.3 Å². The van der Waals surface area contributed by atoms with Gasteiger partial charge in [0.1, 0.15) is 6.17 Å². The average molecular weight is 251 g/mol. The van der Waals surface area contributed by atoms with Crippen LogP contribution in [0.3, 0.4) is 0 Å². The molecule has 90 valence electrons. The third-order valence-corrected chi connectivity index (χ3v) is 4.26. The number of hydrogen-bond acceptors (Lipinski definition) is 3. The van der Waals surface area contributed by atoms with Gasteiger partial charge in [0, 0.05) is 24.3 Å². The fraction of sp³-hybridized carbons (Fsp3) is 0.385. The molecule has 2 atom stereocenters. The van der Waals surface area contributed by atoms with Crippen LogP contribution in [0.2, 0.25) is 0 Å². The van der Waals surface area contributed by atoms with E-state index in [1.54, 1.807) is 11.3 Å². The molecule has 1 aromatic carbocycles. The molecule has 1 aromatic heterocycles. The molecular weight excluding hydrogens is 237 g/mol. The molecule has 0 radical (unpaired) electrons. The minimum atomic E-state index is -1.10. The molecular formula is C13H14FNOS. The molecule has 0 unspecified atom stereocenters. The maximum absolute atomic E-state index is 13.2. The van der Waals surface area contributed by atoms with Crippen LogP contribution in [-0.2, 0) is 6.54 Å². The Hall–Kier alpha value is -0.970. The molecule has 1 aliphatic rings. The van der Waals surface area contributed by atoms with Crippen molar-refractivity contribution in [1.82, 2.24) is 4.90 Å². The Kier molecular flexibility index (Phi) is 2.86. The monoisotopic (exact) mass is 251 g/mol. The lowest BCUT2D eigenvalue weighted by Gasteiger charge is -2.13. The third kappa shape index (κ3) is 2.08. The molecule has 2 aromatic rings. The highest BCUT2D eigenvalue weighted by atomic mass is 32.1. The highest BCUT2D eigenvalue weighted by molar-refractivity contribution is 7.17. The SMILES string of the molecule is O[C@@H]1CN(Cc2csc3ccccc23)C[C@H]1F. The van der Waals surface area contributed by atoms with E-state index in [0.29, 0.717) is 13.1 Å². The summed E-state index contributed by atoms with van der Waals surface area (Å²) in [5, 5.41) is 12.8. The van der Waals surface area contributed by atoms with Gasteiger partial charge in [-0.05, 0) is 22.4 Å². The van der Waals surface area contributed by atoms with E-state index in [4.69, 9.17) is 0 Å². The van der Waals surface area contributed by atoms with Crippen LogP contribution in [0.15, 0.2) is 29.6 Å². The number of β-amino-alcohol motifs (C(OH)–C–C–N with tert-alkyl or cyclic N) is 1. The highest BCUT2D eigenvalue weighted by Gasteiger charge is 2.31. The number of benzene rings is 1. The summed E-state index contributed by atoms with van der Waals surface area (Å²) in [4.78, 5) is 1.98. The van der Waals surface area contributed by atoms with Crippen LogP contribution in [0.1, 0.15) is 5.56 Å². The van der Waals surface area contributed by atoms with Crippen molar-refractivity contribution >= 4 is 21.4 Å². The largest absolute Gasteiger partial charge is 0.389 e. The van der Waals surface area contributed by atoms with Crippen LogP contribution in [0.25, 0.3) is 10.1 Å². The van der Waals surface area contributed by atoms with E-state index >= 15 is 0 Å². The first-order chi connectivity index (χ1) is 8.24. The number of aliphatic hydroxyl groups is 1. The first-order valence-electron chi connectivity index (χ1n) is 5.73. The van der Waals surface area contributed by atoms with E-state index in [2.05, 4.69) is 17.5 Å². The maximum atomic E-state index is 13.2. The lowest BCUT2D eigenvalue weighted by atomic mass is 10.2. The number of aliphatic hydroxyl groups excluding tert-OH is 1. The molecule has 0 saturated carbocycles. The van der Waals surface area contributed by atoms with Gasteiger partial charge < -0.3 is 5.11 Å². The van der Waals surface area contributed by atoms with Gasteiger partial charge in [0.05, 0.1) is 6.10 Å². The number of fused-ring (bicyclic) bond motifs is 1. The van der Waals surface area contributed by atoms with Gasteiger partial charge >= 0.3 is 0 Å². The fourth-order valence-corrected chi connectivity index (χ4v) is 3.30. The molecule has 2 nitrogen and oxygen atoms in total. The number of nitrogens with zero attached hydrogens (tertiary/aromatic N) is 1. The maximum Gasteiger partial charge on any atom is 0.140 e. The second-order valence-corrected chi connectivity index (χ2v) is 5.45. The number of halogens is 1. The van der Waals surface area contributed by atoms with Crippen molar-refractivity contribution in [3.8, 4) is 0 Å². The Bertz CT molecular complexity index is 517. The Labute approximate surface area is 103 Å². The number of thiophene rings is 1. The lowest BCUT2D eigenvalue weighted by Crippen LogP contribution is -2.21. The van der Waals surface area contributed by atoms with Gasteiger partial charge in [0.25, 0.3) is 0 Å². The normalized spacial score (nSPS) is 25.8. The summed E-state index contributed by atoms with van der Waals surface area (Å²) >= 11 is 1.72. The zero-order valence-corrected chi connectivity index (χ0v) is 10.2. The first-order valence-corrected chi connectivity index (χ1v) is 6.61. The third-order valence-electron chi connectivity index (χ3n) is 3.25. The molecule has 1 fully saturated rings. The topological polar surface area (TPSA) is 23.5 Å². The number of hydrogen-bond donors (Lipinski definition) is 1. The summed E-state index contributed by atoms with van der Waals surface area (Å²) in [7, 11) is 0. The van der Waals surface area contributed by atoms with Crippen molar-refractivity contribution in [1.29, 1.82) is 0 Å². The fourth-order valence-electron chi connectivity index (χ4n) is 2.35. The van der Waals surface area contributed by atoms with E-state index in [1.165, 1.54) is 15.6 Å². The zero-order valence-electron chi connectivity index (χ0n) is 9.34. The molecule has 3 rings (SSSR count). The molecule has 2 heterocycles. The molecule has 1 aliphatic heterocycles. The van der Waals surface area contributed by atoms with Crippen LogP contribution in [0.4, 0.5) is 4.39 Å². The summed E-state index contributed by atoms with van der Waals surface area (Å²) in [5.41, 5.74) is 1.23. The van der Waals surface area contributed by atoms with Crippen molar-refractivity contribution in [2.75, 3.05) is 13.1 Å². The van der Waals surface area contributed by atoms with Crippen LogP contribution in [0, 0.1) is 0 Å². The van der Waals surface area contributed by atoms with Gasteiger partial charge in [-0.25, -0.2) is 4.39 Å². The molecule has 0 amide bonds. The van der Waals surface area contributed by atoms with Crippen molar-refractivity contribution in [2.45, 2.75) is 18.8 Å². The van der Waals surface area contributed by atoms with Gasteiger partial charge in [0.15, 0.2) is 0 Å². The Morgan fingerprint density at radius 1 is 1.35 bits per heavy atom. The number of alkyl halides is 1. The number of likely N-dealkylation sites (tertiary alicyclic amines) is 1. The lowest BCUT2D eigenvalue weighted by molar-refractivity contribution is 0.115. The van der Waals surface area contributed by atoms with Gasteiger partial charge in [-0.15, -0.1) is 11.3 Å². The van der Waals surface area contributed by atoms with Crippen molar-refractivity contribution in [3.05, 3.63) is 35.2 Å². The standard InChI is InChI=1S/C13H14FNOS/c14-11-6-15(7-12(11)16)5-9-8-17-13-4-2-1-3-10(9)13/h1-4,8,11-12,16H,5-7H2/t11-,12-/m1/s1. The summed E-state index contributed by atoms with van der Waals surface area (Å²) in [5.74, 6) is 0. The van der Waals surface area contributed by atoms with Gasteiger partial charge in [-0.2, -0.15) is 0 Å². The zero-order chi connectivity index (χ0) is 11.8. The van der Waals surface area contributed by atoms with E-state index in [0.717, 1.165) is 6.54 Å². The van der Waals surface area contributed by atoms with Gasteiger partial charge in [0.2, 0.25) is 0 Å². The minimum Gasteiger partial charge on any atom is -0.389 e. The Morgan fingerprint density at radius 2 is 2.18 bits per heavy atom. The van der Waals surface area contributed by atoms with E-state index in [1.807, 2.05) is 17.0 Å². The summed E-state index contributed by atoms with van der Waals surface area (Å²) in [6, 6.07) is 8.25. The second-order valence-electron chi connectivity index (χ2n) is 4.53. The molecule has 0 bridgehead atoms. The van der Waals surface area contributed by atoms with Crippen molar-refractivity contribution in [2.24, 2.45) is 0 Å². The van der Waals surface area contributed by atoms with Crippen LogP contribution < -0.4 is 0 Å². The molecule has 0 spiro atoms. The molecule has 0 aliphatic carbocycles. The van der Waals surface area contributed by atoms with E-state index in [9.17, 15) is 9.50 Å². The summed E-state index contributed by atoms with van der Waals surface area (Å²) in [6.45, 7) is 1.50. The van der Waals surface area contributed by atoms with Crippen LogP contribution >= 0.6 is 11.3 Å². The first kappa shape index (κ1) is 11.1. The molecule has 1 N–H and O–H groups in total. The van der Waals surface area contributed by atoms with Crippen molar-refractivity contribution < 1.29 is 9.50 Å². The van der Waals surface area contributed by atoms with Crippen LogP contribution in [0.5, 0.6) is 0 Å². The quantitative estimate of drug-likeness (QED) is 0.886. The van der Waals surface area contributed by atoms with Crippen LogP contribution in [-0.4, -0.2) is 35.4 Å². The molecule has 4 heteroatoms. The highest BCUT2D eigenvalue weighted by Crippen LogP contribution is 2.27. The predicted octanol–water partition coefficient (Wildman–Crippen LogP) is 2.42. The second kappa shape index (κ2) is 4.37. The number of rotatable bonds is 2. The Morgan fingerprint density at radius 3 is 2.94 bits per heavy atom. The average Bonchev–Trinajstić information content (AvgIpc) is 2.85. The van der Waals surface area contributed by atoms with Gasteiger partial charge in [-0.1, -0.05) is 18.2 Å². The summed E-state index contributed by atoms with van der Waals surface area (Å²) < 4.78 is 14.5. The molecule has 1 saturated heterocycles. The smallest absolute Gasteiger partial charge is 0.140 e. The minimum absolute atomic E-state index is 0.339. The summed E-state index contributed by atoms with van der Waals surface area (Å²) in [6.07, 6.45) is -1.92. The van der Waals surface area contributed by atoms with E-state index in [-0.39, 0.29) is 0 Å². The van der Waals surface area contributed by atoms with Crippen molar-refractivity contribution in [3.63, 3.8) is 0 Å².